The van der Waals surface area contributed by atoms with E-state index in [1.807, 2.05) is 49.4 Å². The smallest absolute Gasteiger partial charge is 0.412 e. The minimum Gasteiger partial charge on any atom is -0.459 e. The van der Waals surface area contributed by atoms with Crippen LogP contribution in [0.4, 0.5) is 9.59 Å². The maximum absolute atomic E-state index is 14.5. The molecular weight excluding hydrogens is 811 g/mol. The second kappa shape index (κ2) is 27.2. The van der Waals surface area contributed by atoms with Gasteiger partial charge in [-0.05, 0) is 79.7 Å². The van der Waals surface area contributed by atoms with Gasteiger partial charge in [-0.15, -0.1) is 6.58 Å². The molecule has 0 radical (unpaired) electrons. The van der Waals surface area contributed by atoms with Crippen LogP contribution in [0.5, 0.6) is 11.5 Å². The summed E-state index contributed by atoms with van der Waals surface area (Å²) >= 11 is 0. The number of oxime groups is 1. The van der Waals surface area contributed by atoms with Crippen molar-refractivity contribution in [3.8, 4) is 11.5 Å². The van der Waals surface area contributed by atoms with Crippen LogP contribution in [0.15, 0.2) is 78.0 Å². The zero-order chi connectivity index (χ0) is 45.6. The number of unbranched alkanes of at least 4 members (excludes halogenated alkanes) is 11. The topological polar surface area (TPSA) is 148 Å². The molecule has 5 rings (SSSR count). The van der Waals surface area contributed by atoms with Crippen molar-refractivity contribution >= 4 is 17.9 Å². The van der Waals surface area contributed by atoms with Crippen LogP contribution in [-0.4, -0.2) is 84.9 Å². The predicted molar refractivity (Wildman–Crippen MR) is 251 cm³/mol. The SMILES string of the molecule is C=CCOC12Oc3ccc(OC(=O)NCc4ccccc4)cc3C3C(CCCCO)C(CCCCO)C=C(C(=NOC)CC1N(CCC)C(=O)OCCCCCCCCCCCC)C32. The summed E-state index contributed by atoms with van der Waals surface area (Å²) in [5, 5.41) is 27.3. The zero-order valence-corrected chi connectivity index (χ0v) is 39.0. The summed E-state index contributed by atoms with van der Waals surface area (Å²) in [5.74, 6) is -1.07. The summed E-state index contributed by atoms with van der Waals surface area (Å²) in [6.07, 6.45) is 20.4. The minimum absolute atomic E-state index is 0.0287. The van der Waals surface area contributed by atoms with Gasteiger partial charge in [-0.25, -0.2) is 9.59 Å². The third kappa shape index (κ3) is 13.6. The number of amides is 2. The Morgan fingerprint density at radius 1 is 0.906 bits per heavy atom. The Balaban J connectivity index is 1.52. The number of carbonyl (C=O) groups is 2. The molecule has 1 fully saturated rings. The van der Waals surface area contributed by atoms with Gasteiger partial charge in [0.2, 0.25) is 5.79 Å². The number of allylic oxidation sites excluding steroid dienone is 1. The van der Waals surface area contributed by atoms with Crippen LogP contribution >= 0.6 is 0 Å². The van der Waals surface area contributed by atoms with Gasteiger partial charge in [-0.3, -0.25) is 4.90 Å². The molecule has 6 unspecified atom stereocenters. The Bertz CT molecular complexity index is 1790. The molecule has 1 heterocycles. The number of hydrogen-bond donors (Lipinski definition) is 3. The molecule has 3 aliphatic rings. The number of rotatable bonds is 29. The van der Waals surface area contributed by atoms with Crippen LogP contribution in [0.2, 0.25) is 0 Å². The van der Waals surface area contributed by atoms with Crippen molar-refractivity contribution in [1.29, 1.82) is 0 Å². The Morgan fingerprint density at radius 2 is 1.61 bits per heavy atom. The first kappa shape index (κ1) is 50.6. The average molecular weight is 888 g/mol. The standard InChI is InChI=1S/C52H77N3O9/c1-5-8-9-10-11-12-13-14-15-23-34-61-51(59)55(30-6-2)47-37-45(54-60-4)43-35-40(26-19-21-31-56)42(27-20-22-32-57)48-44-36-41(63-50(58)53-38-39-24-17-16-18-25-39)28-29-46(44)64-52(47,49(43)48)62-33-7-3/h7,16-18,24-25,28-29,35-36,40,42,47-49,56-57H,3,5-6,8-15,19-23,26-27,30-34,37-38H2,1-2,4H3,(H,53,58). The number of benzene rings is 2. The summed E-state index contributed by atoms with van der Waals surface area (Å²) in [4.78, 5) is 35.0. The van der Waals surface area contributed by atoms with E-state index >= 15 is 0 Å². The fraction of sp³-hybridized carbons (Fsp3) is 0.635. The van der Waals surface area contributed by atoms with Gasteiger partial charge in [0.15, 0.2) is 0 Å². The molecule has 2 amide bonds. The van der Waals surface area contributed by atoms with Crippen molar-refractivity contribution in [2.24, 2.45) is 22.9 Å². The first-order chi connectivity index (χ1) is 31.3. The van der Waals surface area contributed by atoms with E-state index in [1.54, 1.807) is 24.2 Å². The predicted octanol–water partition coefficient (Wildman–Crippen LogP) is 11.0. The summed E-state index contributed by atoms with van der Waals surface area (Å²) in [5.41, 5.74) is 3.47. The van der Waals surface area contributed by atoms with E-state index in [9.17, 15) is 19.8 Å². The Labute approximate surface area is 382 Å². The molecule has 0 spiro atoms. The fourth-order valence-electron chi connectivity index (χ4n) is 10.2. The normalized spacial score (nSPS) is 22.7. The molecule has 0 bridgehead atoms. The quantitative estimate of drug-likeness (QED) is 0.0412. The van der Waals surface area contributed by atoms with Gasteiger partial charge < -0.3 is 39.3 Å². The van der Waals surface area contributed by atoms with E-state index in [-0.39, 0.29) is 37.6 Å². The van der Waals surface area contributed by atoms with E-state index in [0.717, 1.165) is 61.6 Å². The monoisotopic (exact) mass is 888 g/mol. The van der Waals surface area contributed by atoms with Crippen LogP contribution in [0, 0.1) is 17.8 Å². The van der Waals surface area contributed by atoms with Crippen molar-refractivity contribution in [2.45, 2.75) is 154 Å². The molecule has 0 aromatic heterocycles. The molecule has 2 aromatic carbocycles. The molecule has 2 aromatic rings. The molecule has 12 heteroatoms. The number of fused-ring (bicyclic) bond motifs is 2. The molecule has 1 aliphatic heterocycles. The highest BCUT2D eigenvalue weighted by atomic mass is 16.7. The molecule has 0 saturated heterocycles. The van der Waals surface area contributed by atoms with Gasteiger partial charge in [-0.1, -0.05) is 132 Å². The molecule has 64 heavy (non-hydrogen) atoms. The summed E-state index contributed by atoms with van der Waals surface area (Å²) in [6, 6.07) is 14.5. The lowest BCUT2D eigenvalue weighted by Crippen LogP contribution is -2.70. The Morgan fingerprint density at radius 3 is 2.28 bits per heavy atom. The van der Waals surface area contributed by atoms with Gasteiger partial charge in [0.05, 0.1) is 24.8 Å². The summed E-state index contributed by atoms with van der Waals surface area (Å²) in [6.45, 7) is 9.71. The van der Waals surface area contributed by atoms with E-state index in [1.165, 1.54) is 44.9 Å². The molecule has 3 N–H and O–H groups in total. The molecular formula is C52H77N3O9. The number of aliphatic hydroxyl groups is 2. The third-order valence-electron chi connectivity index (χ3n) is 13.1. The molecule has 6 atom stereocenters. The van der Waals surface area contributed by atoms with E-state index < -0.39 is 29.9 Å². The highest BCUT2D eigenvalue weighted by Crippen LogP contribution is 2.62. The van der Waals surface area contributed by atoms with E-state index in [2.05, 4.69) is 30.1 Å². The number of aliphatic hydroxyl groups excluding tert-OH is 2. The second-order valence-electron chi connectivity index (χ2n) is 17.7. The minimum atomic E-state index is -1.39. The largest absolute Gasteiger partial charge is 0.459 e. The molecule has 1 saturated carbocycles. The lowest BCUT2D eigenvalue weighted by Gasteiger charge is -2.59. The molecule has 354 valence electrons. The van der Waals surface area contributed by atoms with Crippen molar-refractivity contribution in [3.63, 3.8) is 0 Å². The summed E-state index contributed by atoms with van der Waals surface area (Å²) in [7, 11) is 1.54. The van der Waals surface area contributed by atoms with Crippen LogP contribution in [0.3, 0.4) is 0 Å². The van der Waals surface area contributed by atoms with Crippen molar-refractivity contribution in [2.75, 3.05) is 40.1 Å². The summed E-state index contributed by atoms with van der Waals surface area (Å²) < 4.78 is 26.3. The van der Waals surface area contributed by atoms with Gasteiger partial charge in [-0.2, -0.15) is 0 Å². The van der Waals surface area contributed by atoms with E-state index in [0.29, 0.717) is 62.6 Å². The maximum Gasteiger partial charge on any atom is 0.412 e. The van der Waals surface area contributed by atoms with Crippen LogP contribution in [-0.2, 0) is 20.9 Å². The van der Waals surface area contributed by atoms with E-state index in [4.69, 9.17) is 23.8 Å². The average Bonchev–Trinajstić information content (AvgIpc) is 3.30. The lowest BCUT2D eigenvalue weighted by atomic mass is 9.55. The highest BCUT2D eigenvalue weighted by molar-refractivity contribution is 6.03. The van der Waals surface area contributed by atoms with Gasteiger partial charge in [0.1, 0.15) is 24.7 Å². The molecule has 12 nitrogen and oxygen atoms in total. The Kier molecular flexibility index (Phi) is 21.5. The zero-order valence-electron chi connectivity index (χ0n) is 39.0. The van der Waals surface area contributed by atoms with Crippen molar-refractivity contribution in [1.82, 2.24) is 10.2 Å². The number of carbonyl (C=O) groups excluding carboxylic acids is 2. The number of ether oxygens (including phenoxy) is 4. The van der Waals surface area contributed by atoms with Crippen molar-refractivity contribution in [3.05, 3.63) is 84.0 Å². The molecule has 2 aliphatic carbocycles. The third-order valence-corrected chi connectivity index (χ3v) is 13.1. The number of nitrogens with zero attached hydrogens (tertiary/aromatic N) is 2. The Hall–Kier alpha value is -4.39. The second-order valence-corrected chi connectivity index (χ2v) is 17.7. The maximum atomic E-state index is 14.5. The number of nitrogens with one attached hydrogen (secondary N) is 1. The van der Waals surface area contributed by atoms with Crippen LogP contribution in [0.1, 0.15) is 146 Å². The van der Waals surface area contributed by atoms with Crippen LogP contribution < -0.4 is 14.8 Å². The number of hydrogen-bond acceptors (Lipinski definition) is 10. The van der Waals surface area contributed by atoms with Gasteiger partial charge in [0, 0.05) is 44.2 Å². The van der Waals surface area contributed by atoms with Gasteiger partial charge >= 0.3 is 12.2 Å². The fourth-order valence-corrected chi connectivity index (χ4v) is 10.2. The lowest BCUT2D eigenvalue weighted by molar-refractivity contribution is -0.255. The first-order valence-electron chi connectivity index (χ1n) is 24.4. The first-order valence-corrected chi connectivity index (χ1v) is 24.4. The van der Waals surface area contributed by atoms with Crippen LogP contribution in [0.25, 0.3) is 0 Å². The van der Waals surface area contributed by atoms with Gasteiger partial charge in [0.25, 0.3) is 0 Å². The van der Waals surface area contributed by atoms with Crippen molar-refractivity contribution < 1.29 is 43.6 Å². The highest BCUT2D eigenvalue weighted by Gasteiger charge is 2.65.